The molecule has 1 aliphatic heterocycles. The van der Waals surface area contributed by atoms with Crippen molar-refractivity contribution in [1.29, 1.82) is 0 Å². The number of carbonyl (C=O) groups is 1. The number of aromatic nitrogens is 1. The summed E-state index contributed by atoms with van der Waals surface area (Å²) >= 11 is 1.49. The first-order chi connectivity index (χ1) is 15.0. The van der Waals surface area contributed by atoms with E-state index in [1.54, 1.807) is 11.8 Å². The number of hydrogen-bond acceptors (Lipinski definition) is 6. The molecule has 2 aromatic carbocycles. The van der Waals surface area contributed by atoms with Crippen LogP contribution in [0.25, 0.3) is 0 Å². The number of para-hydroxylation sites is 3. The highest BCUT2D eigenvalue weighted by molar-refractivity contribution is 7.14. The zero-order valence-corrected chi connectivity index (χ0v) is 18.9. The molecule has 31 heavy (non-hydrogen) atoms. The van der Waals surface area contributed by atoms with Gasteiger partial charge in [0.2, 0.25) is 5.91 Å². The van der Waals surface area contributed by atoms with Gasteiger partial charge in [-0.15, -0.1) is 11.3 Å². The maximum atomic E-state index is 12.5. The Balaban J connectivity index is 1.43. The fraction of sp³-hybridized carbons (Fsp3) is 0.333. The molecule has 1 amide bonds. The number of carbonyl (C=O) groups excluding carboxylic acids is 1. The topological polar surface area (TPSA) is 54.9 Å². The summed E-state index contributed by atoms with van der Waals surface area (Å²) in [6.07, 6.45) is 0.816. The van der Waals surface area contributed by atoms with E-state index in [4.69, 9.17) is 14.5 Å². The Morgan fingerprint density at radius 1 is 1.16 bits per heavy atom. The molecular formula is C24H27N3O3S. The zero-order chi connectivity index (χ0) is 21.8. The molecule has 0 spiro atoms. The fourth-order valence-electron chi connectivity index (χ4n) is 3.75. The van der Waals surface area contributed by atoms with Crippen molar-refractivity contribution in [2.75, 3.05) is 25.1 Å². The molecule has 3 aromatic rings. The van der Waals surface area contributed by atoms with Crippen LogP contribution in [-0.2, 0) is 17.8 Å². The number of fused-ring (bicyclic) bond motifs is 1. The van der Waals surface area contributed by atoms with Crippen molar-refractivity contribution in [3.63, 3.8) is 0 Å². The second-order valence-corrected chi connectivity index (χ2v) is 8.49. The van der Waals surface area contributed by atoms with Crippen molar-refractivity contribution in [3.05, 3.63) is 65.2 Å². The quantitative estimate of drug-likeness (QED) is 0.538. The van der Waals surface area contributed by atoms with E-state index >= 15 is 0 Å². The van der Waals surface area contributed by atoms with Crippen molar-refractivity contribution in [1.82, 2.24) is 9.88 Å². The van der Waals surface area contributed by atoms with Crippen LogP contribution in [0.15, 0.2) is 53.9 Å². The Morgan fingerprint density at radius 2 is 1.90 bits per heavy atom. The Bertz CT molecular complexity index is 1050. The third kappa shape index (κ3) is 4.89. The van der Waals surface area contributed by atoms with E-state index in [9.17, 15) is 4.79 Å². The van der Waals surface area contributed by atoms with Crippen LogP contribution in [0.3, 0.4) is 0 Å². The summed E-state index contributed by atoms with van der Waals surface area (Å²) in [5.41, 5.74) is 2.96. The predicted octanol–water partition coefficient (Wildman–Crippen LogP) is 4.66. The molecule has 6 nitrogen and oxygen atoms in total. The molecule has 0 saturated heterocycles. The van der Waals surface area contributed by atoms with Crippen LogP contribution in [0.5, 0.6) is 11.5 Å². The Kier molecular flexibility index (Phi) is 6.53. The summed E-state index contributed by atoms with van der Waals surface area (Å²) in [5.74, 6) is 1.54. The van der Waals surface area contributed by atoms with Gasteiger partial charge in [-0.3, -0.25) is 14.6 Å². The normalized spacial score (nSPS) is 15.2. The fourth-order valence-corrected chi connectivity index (χ4v) is 4.62. The van der Waals surface area contributed by atoms with Gasteiger partial charge in [-0.05, 0) is 37.2 Å². The molecule has 2 heterocycles. The summed E-state index contributed by atoms with van der Waals surface area (Å²) in [7, 11) is 2.04. The second kappa shape index (κ2) is 9.49. The standard InChI is InChI=1S/C24H27N3O3S/c1-4-18-9-5-6-10-21(18)27(17(2)28)24-25-19(16-31-24)13-26(3)14-20-15-29-22-11-7-8-12-23(22)30-20/h5-12,16,20H,4,13-15H2,1-3H3. The molecule has 1 atom stereocenters. The molecule has 0 radical (unpaired) electrons. The number of hydrogen-bond donors (Lipinski definition) is 0. The molecule has 1 aromatic heterocycles. The number of likely N-dealkylation sites (N-methyl/N-ethyl adjacent to an activating group) is 1. The van der Waals surface area contributed by atoms with Crippen molar-refractivity contribution in [3.8, 4) is 11.5 Å². The minimum absolute atomic E-state index is 0.0387. The van der Waals surface area contributed by atoms with Crippen molar-refractivity contribution in [2.24, 2.45) is 0 Å². The van der Waals surface area contributed by atoms with Gasteiger partial charge in [0.15, 0.2) is 16.6 Å². The molecule has 1 unspecified atom stereocenters. The molecule has 0 bridgehead atoms. The van der Waals surface area contributed by atoms with Gasteiger partial charge in [0.1, 0.15) is 12.7 Å². The van der Waals surface area contributed by atoms with Gasteiger partial charge in [-0.1, -0.05) is 37.3 Å². The minimum Gasteiger partial charge on any atom is -0.486 e. The van der Waals surface area contributed by atoms with Crippen LogP contribution in [-0.4, -0.2) is 42.1 Å². The number of ether oxygens (including phenoxy) is 2. The van der Waals surface area contributed by atoms with Crippen molar-refractivity contribution >= 4 is 28.1 Å². The molecule has 0 saturated carbocycles. The van der Waals surface area contributed by atoms with Crippen LogP contribution in [0.1, 0.15) is 25.1 Å². The van der Waals surface area contributed by atoms with E-state index in [0.29, 0.717) is 18.3 Å². The highest BCUT2D eigenvalue weighted by atomic mass is 32.1. The molecule has 7 heteroatoms. The van der Waals surface area contributed by atoms with Crippen LogP contribution >= 0.6 is 11.3 Å². The molecule has 162 valence electrons. The monoisotopic (exact) mass is 437 g/mol. The first-order valence-corrected chi connectivity index (χ1v) is 11.3. The van der Waals surface area contributed by atoms with E-state index in [1.165, 1.54) is 11.3 Å². The van der Waals surface area contributed by atoms with Gasteiger partial charge in [0.25, 0.3) is 0 Å². The average molecular weight is 438 g/mol. The van der Waals surface area contributed by atoms with E-state index in [0.717, 1.165) is 41.4 Å². The first kappa shape index (κ1) is 21.3. The number of rotatable bonds is 7. The Labute approximate surface area is 187 Å². The summed E-state index contributed by atoms with van der Waals surface area (Å²) in [6, 6.07) is 15.7. The average Bonchev–Trinajstić information content (AvgIpc) is 3.21. The molecule has 4 rings (SSSR count). The number of benzene rings is 2. The maximum absolute atomic E-state index is 12.5. The van der Waals surface area contributed by atoms with Crippen LogP contribution in [0.2, 0.25) is 0 Å². The van der Waals surface area contributed by atoms with Crippen LogP contribution in [0, 0.1) is 0 Å². The third-order valence-corrected chi connectivity index (χ3v) is 6.05. The van der Waals surface area contributed by atoms with E-state index in [2.05, 4.69) is 17.9 Å². The summed E-state index contributed by atoms with van der Waals surface area (Å²) < 4.78 is 11.9. The maximum Gasteiger partial charge on any atom is 0.230 e. The molecule has 0 fully saturated rings. The summed E-state index contributed by atoms with van der Waals surface area (Å²) in [6.45, 7) is 5.58. The van der Waals surface area contributed by atoms with Crippen LogP contribution in [0.4, 0.5) is 10.8 Å². The number of thiazole rings is 1. The lowest BCUT2D eigenvalue weighted by atomic mass is 10.1. The molecule has 0 N–H and O–H groups in total. The van der Waals surface area contributed by atoms with E-state index < -0.39 is 0 Å². The number of amides is 1. The SMILES string of the molecule is CCc1ccccc1N(C(C)=O)c1nc(CN(C)CC2COc3ccccc3O2)cs1. The Hall–Kier alpha value is -2.90. The number of anilines is 2. The van der Waals surface area contributed by atoms with Gasteiger partial charge < -0.3 is 9.47 Å². The van der Waals surface area contributed by atoms with Crippen molar-refractivity contribution < 1.29 is 14.3 Å². The smallest absolute Gasteiger partial charge is 0.230 e. The van der Waals surface area contributed by atoms with Gasteiger partial charge in [-0.25, -0.2) is 4.98 Å². The minimum atomic E-state index is -0.0402. The lowest BCUT2D eigenvalue weighted by Crippen LogP contribution is -2.39. The highest BCUT2D eigenvalue weighted by Crippen LogP contribution is 2.33. The zero-order valence-electron chi connectivity index (χ0n) is 18.1. The lowest BCUT2D eigenvalue weighted by Gasteiger charge is -2.29. The van der Waals surface area contributed by atoms with Gasteiger partial charge in [-0.2, -0.15) is 0 Å². The van der Waals surface area contributed by atoms with Crippen LogP contribution < -0.4 is 14.4 Å². The largest absolute Gasteiger partial charge is 0.486 e. The molecule has 0 aliphatic carbocycles. The van der Waals surface area contributed by atoms with Gasteiger partial charge in [0, 0.05) is 25.4 Å². The summed E-state index contributed by atoms with van der Waals surface area (Å²) in [4.78, 5) is 21.1. The second-order valence-electron chi connectivity index (χ2n) is 7.65. The number of nitrogens with zero attached hydrogens (tertiary/aromatic N) is 3. The van der Waals surface area contributed by atoms with Gasteiger partial charge >= 0.3 is 0 Å². The van der Waals surface area contributed by atoms with E-state index in [1.807, 2.05) is 54.9 Å². The first-order valence-electron chi connectivity index (χ1n) is 10.4. The lowest BCUT2D eigenvalue weighted by molar-refractivity contribution is -0.115. The highest BCUT2D eigenvalue weighted by Gasteiger charge is 2.23. The van der Waals surface area contributed by atoms with E-state index in [-0.39, 0.29) is 12.0 Å². The van der Waals surface area contributed by atoms with Crippen molar-refractivity contribution in [2.45, 2.75) is 32.9 Å². The number of aryl methyl sites for hydroxylation is 1. The molecule has 1 aliphatic rings. The summed E-state index contributed by atoms with van der Waals surface area (Å²) in [5, 5.41) is 2.71. The third-order valence-electron chi connectivity index (χ3n) is 5.17. The Morgan fingerprint density at radius 3 is 2.68 bits per heavy atom. The molecular weight excluding hydrogens is 410 g/mol. The van der Waals surface area contributed by atoms with Gasteiger partial charge in [0.05, 0.1) is 11.4 Å². The predicted molar refractivity (Wildman–Crippen MR) is 123 cm³/mol.